The number of nitrogens with one attached hydrogen (secondary N) is 1. The summed E-state index contributed by atoms with van der Waals surface area (Å²) in [6, 6.07) is 13.2. The van der Waals surface area contributed by atoms with E-state index in [2.05, 4.69) is 20.5 Å². The molecule has 0 bridgehead atoms. The van der Waals surface area contributed by atoms with E-state index in [0.717, 1.165) is 16.8 Å². The molecule has 0 saturated carbocycles. The number of aromatic nitrogens is 4. The summed E-state index contributed by atoms with van der Waals surface area (Å²) in [6.45, 7) is 2.14. The second-order valence-corrected chi connectivity index (χ2v) is 8.01. The fraction of sp³-hybridized carbons (Fsp3) is 0.182. The Labute approximate surface area is 187 Å². The highest BCUT2D eigenvalue weighted by atomic mass is 32.2. The lowest BCUT2D eigenvalue weighted by molar-refractivity contribution is -0.119. The van der Waals surface area contributed by atoms with Gasteiger partial charge in [-0.15, -0.1) is 10.2 Å². The molecule has 1 N–H and O–H groups in total. The summed E-state index contributed by atoms with van der Waals surface area (Å²) in [7, 11) is 0. The van der Waals surface area contributed by atoms with Crippen molar-refractivity contribution in [2.45, 2.75) is 18.2 Å². The Morgan fingerprint density at radius 1 is 1.16 bits per heavy atom. The average molecular weight is 449 g/mol. The topological polar surface area (TPSA) is 104 Å². The number of fused-ring (bicyclic) bond motifs is 1. The van der Waals surface area contributed by atoms with Gasteiger partial charge in [0, 0.05) is 23.6 Å². The standard InChI is InChI=1S/C22H19N5O4S/c1-14(15-2-5-17(6-3-15)27-9-8-23-12-27)24-20(28)11-32-22-26-25-21(31-22)16-4-7-18-19(10-16)30-13-29-18/h2-10,12,14H,11,13H2,1H3,(H,24,28)/t14-/m0/s1. The minimum Gasteiger partial charge on any atom is -0.454 e. The van der Waals surface area contributed by atoms with E-state index < -0.39 is 0 Å². The second-order valence-electron chi connectivity index (χ2n) is 7.08. The predicted molar refractivity (Wildman–Crippen MR) is 117 cm³/mol. The maximum atomic E-state index is 12.4. The van der Waals surface area contributed by atoms with Crippen LogP contribution in [-0.2, 0) is 4.79 Å². The summed E-state index contributed by atoms with van der Waals surface area (Å²) < 4.78 is 18.3. The zero-order valence-corrected chi connectivity index (χ0v) is 17.9. The highest BCUT2D eigenvalue weighted by Gasteiger charge is 2.17. The van der Waals surface area contributed by atoms with Gasteiger partial charge in [0.25, 0.3) is 5.22 Å². The number of hydrogen-bond donors (Lipinski definition) is 1. The number of ether oxygens (including phenoxy) is 2. The van der Waals surface area contributed by atoms with Crippen LogP contribution in [0.3, 0.4) is 0 Å². The molecule has 4 aromatic rings. The predicted octanol–water partition coefficient (Wildman–Crippen LogP) is 3.62. The molecule has 1 atom stereocenters. The van der Waals surface area contributed by atoms with Crippen molar-refractivity contribution in [2.24, 2.45) is 0 Å². The number of imidazole rings is 1. The first-order chi connectivity index (χ1) is 15.7. The molecule has 0 radical (unpaired) electrons. The first-order valence-electron chi connectivity index (χ1n) is 9.90. The Kier molecular flexibility index (Phi) is 5.51. The van der Waals surface area contributed by atoms with Gasteiger partial charge in [-0.25, -0.2) is 4.98 Å². The zero-order valence-electron chi connectivity index (χ0n) is 17.1. The molecule has 9 nitrogen and oxygen atoms in total. The van der Waals surface area contributed by atoms with E-state index >= 15 is 0 Å². The second kappa shape index (κ2) is 8.75. The summed E-state index contributed by atoms with van der Waals surface area (Å²) in [5.41, 5.74) is 2.75. The van der Waals surface area contributed by atoms with Crippen molar-refractivity contribution in [1.29, 1.82) is 0 Å². The summed E-state index contributed by atoms with van der Waals surface area (Å²) in [5, 5.41) is 11.4. The van der Waals surface area contributed by atoms with Gasteiger partial charge >= 0.3 is 0 Å². The zero-order chi connectivity index (χ0) is 21.9. The number of nitrogens with zero attached hydrogens (tertiary/aromatic N) is 4. The van der Waals surface area contributed by atoms with E-state index in [1.807, 2.05) is 48.0 Å². The number of thioether (sulfide) groups is 1. The monoisotopic (exact) mass is 449 g/mol. The molecule has 2 aromatic heterocycles. The molecule has 32 heavy (non-hydrogen) atoms. The van der Waals surface area contributed by atoms with Gasteiger partial charge in [-0.3, -0.25) is 4.79 Å². The van der Waals surface area contributed by atoms with Crippen LogP contribution >= 0.6 is 11.8 Å². The minimum atomic E-state index is -0.133. The summed E-state index contributed by atoms with van der Waals surface area (Å²) in [6.07, 6.45) is 5.36. The molecule has 1 aliphatic heterocycles. The van der Waals surface area contributed by atoms with Gasteiger partial charge in [-0.05, 0) is 42.8 Å². The van der Waals surface area contributed by atoms with Crippen LogP contribution in [0.1, 0.15) is 18.5 Å². The lowest BCUT2D eigenvalue weighted by Gasteiger charge is -2.14. The van der Waals surface area contributed by atoms with E-state index in [1.165, 1.54) is 11.8 Å². The molecule has 1 aliphatic rings. The van der Waals surface area contributed by atoms with Crippen LogP contribution in [0.5, 0.6) is 11.5 Å². The molecule has 2 aromatic carbocycles. The van der Waals surface area contributed by atoms with Gasteiger partial charge in [-0.2, -0.15) is 0 Å². The molecule has 0 saturated heterocycles. The molecule has 0 unspecified atom stereocenters. The van der Waals surface area contributed by atoms with E-state index in [-0.39, 0.29) is 24.5 Å². The molecule has 0 spiro atoms. The maximum absolute atomic E-state index is 12.4. The molecule has 0 fully saturated rings. The van der Waals surface area contributed by atoms with Crippen LogP contribution in [0.4, 0.5) is 0 Å². The quantitative estimate of drug-likeness (QED) is 0.427. The molecule has 0 aliphatic carbocycles. The number of carbonyl (C=O) groups excluding carboxylic acids is 1. The first kappa shape index (κ1) is 20.1. The Morgan fingerprint density at radius 3 is 2.81 bits per heavy atom. The van der Waals surface area contributed by atoms with Gasteiger partial charge in [0.05, 0.1) is 18.1 Å². The highest BCUT2D eigenvalue weighted by Crippen LogP contribution is 2.36. The van der Waals surface area contributed by atoms with Crippen LogP contribution < -0.4 is 14.8 Å². The number of amides is 1. The molecule has 10 heteroatoms. The lowest BCUT2D eigenvalue weighted by atomic mass is 10.1. The van der Waals surface area contributed by atoms with Crippen LogP contribution in [-0.4, -0.2) is 38.2 Å². The number of benzene rings is 2. The number of hydrogen-bond acceptors (Lipinski definition) is 8. The number of carbonyl (C=O) groups is 1. The van der Waals surface area contributed by atoms with Crippen molar-refractivity contribution < 1.29 is 18.7 Å². The Bertz CT molecular complexity index is 1220. The van der Waals surface area contributed by atoms with Gasteiger partial charge in [0.15, 0.2) is 11.5 Å². The third kappa shape index (κ3) is 4.30. The largest absolute Gasteiger partial charge is 0.454 e. The van der Waals surface area contributed by atoms with Gasteiger partial charge in [0.2, 0.25) is 18.6 Å². The number of rotatable bonds is 7. The van der Waals surface area contributed by atoms with Gasteiger partial charge in [0.1, 0.15) is 0 Å². The molecular formula is C22H19N5O4S. The van der Waals surface area contributed by atoms with Crippen LogP contribution in [0.2, 0.25) is 0 Å². The van der Waals surface area contributed by atoms with Gasteiger partial charge < -0.3 is 23.8 Å². The average Bonchev–Trinajstić information content (AvgIpc) is 3.59. The van der Waals surface area contributed by atoms with Crippen LogP contribution in [0, 0.1) is 0 Å². The smallest absolute Gasteiger partial charge is 0.277 e. The van der Waals surface area contributed by atoms with Gasteiger partial charge in [-0.1, -0.05) is 23.9 Å². The summed E-state index contributed by atoms with van der Waals surface area (Å²) in [4.78, 5) is 16.4. The Morgan fingerprint density at radius 2 is 2.00 bits per heavy atom. The lowest BCUT2D eigenvalue weighted by Crippen LogP contribution is -2.28. The van der Waals surface area contributed by atoms with Crippen molar-refractivity contribution in [1.82, 2.24) is 25.1 Å². The third-order valence-electron chi connectivity index (χ3n) is 4.93. The molecule has 162 valence electrons. The Hall–Kier alpha value is -3.79. The maximum Gasteiger partial charge on any atom is 0.277 e. The van der Waals surface area contributed by atoms with Crippen molar-refractivity contribution in [3.8, 4) is 28.6 Å². The van der Waals surface area contributed by atoms with Crippen LogP contribution in [0.15, 0.2) is 70.8 Å². The molecule has 3 heterocycles. The minimum absolute atomic E-state index is 0.121. The van der Waals surface area contributed by atoms with E-state index in [0.29, 0.717) is 22.6 Å². The van der Waals surface area contributed by atoms with Crippen molar-refractivity contribution in [2.75, 3.05) is 12.5 Å². The first-order valence-corrected chi connectivity index (χ1v) is 10.9. The molecule has 5 rings (SSSR count). The summed E-state index contributed by atoms with van der Waals surface area (Å²) >= 11 is 1.19. The van der Waals surface area contributed by atoms with Crippen molar-refractivity contribution >= 4 is 17.7 Å². The third-order valence-corrected chi connectivity index (χ3v) is 5.74. The SMILES string of the molecule is C[C@H](NC(=O)CSc1nnc(-c2ccc3c(c2)OCO3)o1)c1ccc(-n2ccnc2)cc1. The Balaban J connectivity index is 1.15. The van der Waals surface area contributed by atoms with Crippen molar-refractivity contribution in [3.63, 3.8) is 0 Å². The fourth-order valence-corrected chi connectivity index (χ4v) is 3.83. The van der Waals surface area contributed by atoms with E-state index in [9.17, 15) is 4.79 Å². The van der Waals surface area contributed by atoms with Crippen molar-refractivity contribution in [3.05, 3.63) is 66.7 Å². The molecule has 1 amide bonds. The molecular weight excluding hydrogens is 430 g/mol. The fourth-order valence-electron chi connectivity index (χ4n) is 3.26. The van der Waals surface area contributed by atoms with Crippen LogP contribution in [0.25, 0.3) is 17.1 Å². The summed E-state index contributed by atoms with van der Waals surface area (Å²) in [5.74, 6) is 1.73. The normalized spacial score (nSPS) is 13.2. The van der Waals surface area contributed by atoms with E-state index in [4.69, 9.17) is 13.9 Å². The van der Waals surface area contributed by atoms with E-state index in [1.54, 1.807) is 24.7 Å². The highest BCUT2D eigenvalue weighted by molar-refractivity contribution is 7.99.